The molecule has 0 spiro atoms. The van der Waals surface area contributed by atoms with Crippen molar-refractivity contribution in [2.45, 2.75) is 13.5 Å². The van der Waals surface area contributed by atoms with Crippen molar-refractivity contribution in [1.29, 1.82) is 0 Å². The lowest BCUT2D eigenvalue weighted by atomic mass is 10.2. The van der Waals surface area contributed by atoms with Gasteiger partial charge in [-0.05, 0) is 69.6 Å². The van der Waals surface area contributed by atoms with E-state index in [1.54, 1.807) is 53.0 Å². The molecule has 1 aliphatic rings. The van der Waals surface area contributed by atoms with Gasteiger partial charge in [-0.1, -0.05) is 5.21 Å². The molecular formula is C29H37N11O3. The van der Waals surface area contributed by atoms with Crippen LogP contribution in [-0.2, 0) is 11.3 Å². The maximum atomic E-state index is 12.7. The zero-order valence-electron chi connectivity index (χ0n) is 24.9. The molecule has 5 rings (SSSR count). The number of amides is 4. The van der Waals surface area contributed by atoms with Crippen molar-refractivity contribution in [2.24, 2.45) is 0 Å². The standard InChI is InChI=1S/C29H37N11O3/c1-5-40-27-24(35-36-40)26(39-16-18-43-19-17-39)33-25(34-27)20-6-8-21(9-7-20)30-28(41)31-22-10-12-23(13-11-22)32-29(42)38(4)15-14-37(2)3/h6-13H,5,14-19H2,1-4H3,(H,32,42)(H2,30,31,41). The Balaban J connectivity index is 1.21. The topological polar surface area (TPSA) is 146 Å². The minimum Gasteiger partial charge on any atom is -0.378 e. The third-order valence-corrected chi connectivity index (χ3v) is 6.98. The molecule has 0 radical (unpaired) electrons. The maximum Gasteiger partial charge on any atom is 0.323 e. The fourth-order valence-electron chi connectivity index (χ4n) is 4.48. The highest BCUT2D eigenvalue weighted by Gasteiger charge is 2.21. The molecule has 2 aromatic carbocycles. The third-order valence-electron chi connectivity index (χ3n) is 6.98. The van der Waals surface area contributed by atoms with Gasteiger partial charge in [0.25, 0.3) is 0 Å². The molecule has 14 nitrogen and oxygen atoms in total. The number of rotatable bonds is 9. The van der Waals surface area contributed by atoms with Crippen molar-refractivity contribution in [3.8, 4) is 11.4 Å². The number of aryl methyl sites for hydroxylation is 1. The second kappa shape index (κ2) is 13.4. The lowest BCUT2D eigenvalue weighted by Gasteiger charge is -2.27. The summed E-state index contributed by atoms with van der Waals surface area (Å²) in [4.78, 5) is 40.4. The Morgan fingerprint density at radius 1 is 0.860 bits per heavy atom. The summed E-state index contributed by atoms with van der Waals surface area (Å²) in [5.41, 5.74) is 3.99. The van der Waals surface area contributed by atoms with Crippen LogP contribution in [0.4, 0.5) is 32.5 Å². The number of benzene rings is 2. The quantitative estimate of drug-likeness (QED) is 0.268. The van der Waals surface area contributed by atoms with E-state index in [1.807, 2.05) is 38.1 Å². The van der Waals surface area contributed by atoms with E-state index in [2.05, 4.69) is 31.2 Å². The van der Waals surface area contributed by atoms with Crippen molar-refractivity contribution in [3.05, 3.63) is 48.5 Å². The Labute approximate surface area is 250 Å². The Hall–Kier alpha value is -4.82. The smallest absolute Gasteiger partial charge is 0.323 e. The fraction of sp³-hybridized carbons (Fsp3) is 0.379. The zero-order valence-corrected chi connectivity index (χ0v) is 24.9. The lowest BCUT2D eigenvalue weighted by molar-refractivity contribution is 0.122. The Kier molecular flexibility index (Phi) is 9.27. The minimum absolute atomic E-state index is 0.195. The molecule has 0 aliphatic carbocycles. The first-order valence-electron chi connectivity index (χ1n) is 14.2. The number of nitrogens with one attached hydrogen (secondary N) is 3. The van der Waals surface area contributed by atoms with Gasteiger partial charge in [0.05, 0.1) is 13.2 Å². The molecule has 14 heteroatoms. The number of ether oxygens (including phenoxy) is 1. The van der Waals surface area contributed by atoms with Gasteiger partial charge in [-0.2, -0.15) is 0 Å². The van der Waals surface area contributed by atoms with Crippen LogP contribution in [0.15, 0.2) is 48.5 Å². The van der Waals surface area contributed by atoms with Gasteiger partial charge in [-0.3, -0.25) is 0 Å². The Morgan fingerprint density at radius 2 is 1.47 bits per heavy atom. The van der Waals surface area contributed by atoms with E-state index in [9.17, 15) is 9.59 Å². The number of urea groups is 2. The molecule has 3 heterocycles. The van der Waals surface area contributed by atoms with E-state index in [1.165, 1.54) is 0 Å². The number of anilines is 4. The zero-order chi connectivity index (χ0) is 30.3. The van der Waals surface area contributed by atoms with Crippen LogP contribution in [0.2, 0.25) is 0 Å². The molecule has 43 heavy (non-hydrogen) atoms. The maximum absolute atomic E-state index is 12.7. The number of hydrogen-bond acceptors (Lipinski definition) is 9. The molecule has 0 unspecified atom stereocenters. The summed E-state index contributed by atoms with van der Waals surface area (Å²) in [5.74, 6) is 1.30. The van der Waals surface area contributed by atoms with Gasteiger partial charge < -0.3 is 35.4 Å². The van der Waals surface area contributed by atoms with Crippen LogP contribution >= 0.6 is 0 Å². The van der Waals surface area contributed by atoms with Crippen molar-refractivity contribution < 1.29 is 14.3 Å². The van der Waals surface area contributed by atoms with Gasteiger partial charge in [-0.15, -0.1) is 5.10 Å². The predicted octanol–water partition coefficient (Wildman–Crippen LogP) is 3.41. The molecule has 0 saturated carbocycles. The first-order chi connectivity index (χ1) is 20.8. The van der Waals surface area contributed by atoms with Gasteiger partial charge in [0, 0.05) is 62.4 Å². The Bertz CT molecular complexity index is 1550. The van der Waals surface area contributed by atoms with Crippen LogP contribution in [0.3, 0.4) is 0 Å². The monoisotopic (exact) mass is 587 g/mol. The van der Waals surface area contributed by atoms with Crippen LogP contribution in [0.25, 0.3) is 22.6 Å². The summed E-state index contributed by atoms with van der Waals surface area (Å²) in [6.45, 7) is 6.70. The summed E-state index contributed by atoms with van der Waals surface area (Å²) in [6.07, 6.45) is 0. The van der Waals surface area contributed by atoms with Gasteiger partial charge in [-0.25, -0.2) is 24.2 Å². The van der Waals surface area contributed by atoms with Crippen LogP contribution in [0, 0.1) is 0 Å². The molecule has 3 N–H and O–H groups in total. The number of carbonyl (C=O) groups is 2. The number of nitrogens with zero attached hydrogens (tertiary/aromatic N) is 8. The van der Waals surface area contributed by atoms with Crippen LogP contribution in [0.5, 0.6) is 0 Å². The van der Waals surface area contributed by atoms with Gasteiger partial charge in [0.2, 0.25) is 0 Å². The molecule has 226 valence electrons. The second-order valence-corrected chi connectivity index (χ2v) is 10.4. The highest BCUT2D eigenvalue weighted by atomic mass is 16.5. The first-order valence-corrected chi connectivity index (χ1v) is 14.2. The third kappa shape index (κ3) is 7.34. The van der Waals surface area contributed by atoms with Gasteiger partial charge >= 0.3 is 12.1 Å². The number of likely N-dealkylation sites (N-methyl/N-ethyl adjacent to an activating group) is 2. The summed E-state index contributed by atoms with van der Waals surface area (Å²) in [5, 5.41) is 17.1. The highest BCUT2D eigenvalue weighted by Crippen LogP contribution is 2.27. The van der Waals surface area contributed by atoms with Gasteiger partial charge in [0.15, 0.2) is 22.8 Å². The van der Waals surface area contributed by atoms with Crippen LogP contribution in [0.1, 0.15) is 6.92 Å². The first kappa shape index (κ1) is 29.7. The number of carbonyl (C=O) groups excluding carboxylic acids is 2. The molecule has 0 atom stereocenters. The van der Waals surface area contributed by atoms with E-state index in [0.717, 1.165) is 17.9 Å². The molecular weight excluding hydrogens is 550 g/mol. The molecule has 1 fully saturated rings. The number of hydrogen-bond donors (Lipinski definition) is 3. The van der Waals surface area contributed by atoms with E-state index >= 15 is 0 Å². The summed E-state index contributed by atoms with van der Waals surface area (Å²) < 4.78 is 7.27. The average Bonchev–Trinajstić information content (AvgIpc) is 3.44. The van der Waals surface area contributed by atoms with Crippen molar-refractivity contribution in [1.82, 2.24) is 34.8 Å². The van der Waals surface area contributed by atoms with E-state index in [0.29, 0.717) is 73.4 Å². The summed E-state index contributed by atoms with van der Waals surface area (Å²) >= 11 is 0. The van der Waals surface area contributed by atoms with Crippen molar-refractivity contribution >= 4 is 46.1 Å². The molecule has 2 aromatic heterocycles. The SMILES string of the molecule is CCn1nnc2c(N3CCOCC3)nc(-c3ccc(NC(=O)Nc4ccc(NC(=O)N(C)CCN(C)C)cc4)cc3)nc21. The average molecular weight is 588 g/mol. The van der Waals surface area contributed by atoms with E-state index in [4.69, 9.17) is 14.7 Å². The van der Waals surface area contributed by atoms with Crippen molar-refractivity contribution in [3.63, 3.8) is 0 Å². The predicted molar refractivity (Wildman–Crippen MR) is 167 cm³/mol. The van der Waals surface area contributed by atoms with E-state index in [-0.39, 0.29) is 6.03 Å². The normalized spacial score (nSPS) is 13.3. The molecule has 0 bridgehead atoms. The Morgan fingerprint density at radius 3 is 2.07 bits per heavy atom. The van der Waals surface area contributed by atoms with Crippen LogP contribution in [-0.4, -0.2) is 107 Å². The minimum atomic E-state index is -0.391. The fourth-order valence-corrected chi connectivity index (χ4v) is 4.48. The van der Waals surface area contributed by atoms with Crippen LogP contribution < -0.4 is 20.9 Å². The van der Waals surface area contributed by atoms with E-state index < -0.39 is 6.03 Å². The largest absolute Gasteiger partial charge is 0.378 e. The second-order valence-electron chi connectivity index (χ2n) is 10.4. The lowest BCUT2D eigenvalue weighted by Crippen LogP contribution is -2.37. The van der Waals surface area contributed by atoms with Crippen molar-refractivity contribution in [2.75, 3.05) is 81.4 Å². The summed E-state index contributed by atoms with van der Waals surface area (Å²) in [6, 6.07) is 13.7. The summed E-state index contributed by atoms with van der Waals surface area (Å²) in [7, 11) is 5.67. The molecule has 1 saturated heterocycles. The highest BCUT2D eigenvalue weighted by molar-refractivity contribution is 6.00. The number of aromatic nitrogens is 5. The number of fused-ring (bicyclic) bond motifs is 1. The van der Waals surface area contributed by atoms with Gasteiger partial charge in [0.1, 0.15) is 0 Å². The molecule has 4 amide bonds. The molecule has 1 aliphatic heterocycles. The number of morpholine rings is 1. The molecule has 4 aromatic rings.